The van der Waals surface area contributed by atoms with E-state index in [1.807, 2.05) is 31.2 Å². The lowest BCUT2D eigenvalue weighted by molar-refractivity contribution is -0.131. The van der Waals surface area contributed by atoms with Gasteiger partial charge in [0, 0.05) is 30.2 Å². The van der Waals surface area contributed by atoms with Crippen LogP contribution in [0.2, 0.25) is 0 Å². The van der Waals surface area contributed by atoms with Gasteiger partial charge in [-0.3, -0.25) is 4.79 Å². The van der Waals surface area contributed by atoms with Gasteiger partial charge < -0.3 is 15.0 Å². The fourth-order valence-corrected chi connectivity index (χ4v) is 2.52. The van der Waals surface area contributed by atoms with E-state index in [-0.39, 0.29) is 5.91 Å². The van der Waals surface area contributed by atoms with Crippen molar-refractivity contribution in [3.63, 3.8) is 0 Å². The highest BCUT2D eigenvalue weighted by atomic mass is 16.3. The second-order valence-corrected chi connectivity index (χ2v) is 6.01. The van der Waals surface area contributed by atoms with Gasteiger partial charge in [-0.1, -0.05) is 18.2 Å². The van der Waals surface area contributed by atoms with E-state index in [0.717, 1.165) is 22.2 Å². The molecule has 20 heavy (non-hydrogen) atoms. The van der Waals surface area contributed by atoms with E-state index in [1.54, 1.807) is 25.8 Å². The van der Waals surface area contributed by atoms with E-state index < -0.39 is 5.60 Å². The van der Waals surface area contributed by atoms with Gasteiger partial charge in [0.05, 0.1) is 12.0 Å². The first-order valence-electron chi connectivity index (χ1n) is 6.80. The minimum atomic E-state index is -0.875. The van der Waals surface area contributed by atoms with E-state index in [2.05, 4.69) is 4.98 Å². The number of aryl methyl sites for hydroxylation is 1. The van der Waals surface area contributed by atoms with Gasteiger partial charge in [-0.05, 0) is 32.4 Å². The summed E-state index contributed by atoms with van der Waals surface area (Å²) in [5, 5.41) is 10.9. The van der Waals surface area contributed by atoms with Crippen LogP contribution in [0.3, 0.4) is 0 Å². The second kappa shape index (κ2) is 5.29. The number of nitrogens with zero attached hydrogens (tertiary/aromatic N) is 1. The van der Waals surface area contributed by atoms with E-state index in [1.165, 1.54) is 0 Å². The standard InChI is InChI=1S/C16H22N2O2/c1-11-13(12-7-5-6-8-14(12)17-11)9-15(19)18(4)10-16(2,3)20/h5-8,17,20H,9-10H2,1-4H3. The summed E-state index contributed by atoms with van der Waals surface area (Å²) < 4.78 is 0. The first kappa shape index (κ1) is 14.6. The largest absolute Gasteiger partial charge is 0.389 e. The molecule has 0 unspecified atom stereocenters. The molecule has 1 amide bonds. The van der Waals surface area contributed by atoms with Crippen LogP contribution in [-0.2, 0) is 11.2 Å². The van der Waals surface area contributed by atoms with Crippen LogP contribution in [0.15, 0.2) is 24.3 Å². The van der Waals surface area contributed by atoms with Crippen molar-refractivity contribution in [1.29, 1.82) is 0 Å². The van der Waals surface area contributed by atoms with Crippen LogP contribution in [0.25, 0.3) is 10.9 Å². The highest BCUT2D eigenvalue weighted by Gasteiger charge is 2.21. The fraction of sp³-hybridized carbons (Fsp3) is 0.438. The smallest absolute Gasteiger partial charge is 0.226 e. The van der Waals surface area contributed by atoms with Crippen molar-refractivity contribution in [2.24, 2.45) is 0 Å². The van der Waals surface area contributed by atoms with Crippen LogP contribution < -0.4 is 0 Å². The number of likely N-dealkylation sites (N-methyl/N-ethyl adjacent to an activating group) is 1. The number of hydrogen-bond donors (Lipinski definition) is 2. The Morgan fingerprint density at radius 1 is 1.35 bits per heavy atom. The molecule has 1 aromatic carbocycles. The van der Waals surface area contributed by atoms with Crippen molar-refractivity contribution < 1.29 is 9.90 Å². The third-order valence-corrected chi connectivity index (χ3v) is 3.40. The Morgan fingerprint density at radius 3 is 2.65 bits per heavy atom. The zero-order chi connectivity index (χ0) is 14.9. The number of nitrogens with one attached hydrogen (secondary N) is 1. The Labute approximate surface area is 119 Å². The quantitative estimate of drug-likeness (QED) is 0.898. The summed E-state index contributed by atoms with van der Waals surface area (Å²) in [6.07, 6.45) is 0.350. The number of aromatic nitrogens is 1. The van der Waals surface area contributed by atoms with Crippen molar-refractivity contribution in [3.05, 3.63) is 35.5 Å². The van der Waals surface area contributed by atoms with Gasteiger partial charge >= 0.3 is 0 Å². The summed E-state index contributed by atoms with van der Waals surface area (Å²) >= 11 is 0. The van der Waals surface area contributed by atoms with E-state index in [9.17, 15) is 9.90 Å². The highest BCUT2D eigenvalue weighted by molar-refractivity contribution is 5.90. The molecule has 0 spiro atoms. The highest BCUT2D eigenvalue weighted by Crippen LogP contribution is 2.22. The molecule has 0 radical (unpaired) electrons. The number of carbonyl (C=O) groups excluding carboxylic acids is 1. The van der Waals surface area contributed by atoms with Crippen molar-refractivity contribution in [3.8, 4) is 0 Å². The number of para-hydroxylation sites is 1. The maximum atomic E-state index is 12.3. The van der Waals surface area contributed by atoms with E-state index >= 15 is 0 Å². The van der Waals surface area contributed by atoms with Gasteiger partial charge in [0.15, 0.2) is 0 Å². The fourth-order valence-electron chi connectivity index (χ4n) is 2.52. The molecule has 0 fully saturated rings. The molecule has 0 aliphatic heterocycles. The summed E-state index contributed by atoms with van der Waals surface area (Å²) in [4.78, 5) is 17.2. The lowest BCUT2D eigenvalue weighted by Crippen LogP contribution is -2.40. The molecule has 0 saturated carbocycles. The van der Waals surface area contributed by atoms with Crippen LogP contribution in [0.5, 0.6) is 0 Å². The maximum Gasteiger partial charge on any atom is 0.226 e. The minimum absolute atomic E-state index is 0.0139. The number of benzene rings is 1. The molecule has 0 bridgehead atoms. The summed E-state index contributed by atoms with van der Waals surface area (Å²) in [6.45, 7) is 5.72. The molecule has 4 heteroatoms. The number of hydrogen-bond acceptors (Lipinski definition) is 2. The Morgan fingerprint density at radius 2 is 2.00 bits per heavy atom. The molecular formula is C16H22N2O2. The third-order valence-electron chi connectivity index (χ3n) is 3.40. The Balaban J connectivity index is 2.20. The first-order valence-corrected chi connectivity index (χ1v) is 6.80. The van der Waals surface area contributed by atoms with Gasteiger partial charge in [-0.25, -0.2) is 0 Å². The molecule has 0 aliphatic rings. The molecule has 2 rings (SSSR count). The molecular weight excluding hydrogens is 252 g/mol. The normalized spacial score (nSPS) is 11.8. The van der Waals surface area contributed by atoms with E-state index in [0.29, 0.717) is 13.0 Å². The maximum absolute atomic E-state index is 12.3. The number of aliphatic hydroxyl groups is 1. The number of H-pyrrole nitrogens is 1. The van der Waals surface area contributed by atoms with Crippen molar-refractivity contribution in [1.82, 2.24) is 9.88 Å². The predicted octanol–water partition coefficient (Wildman–Crippen LogP) is 2.25. The van der Waals surface area contributed by atoms with Crippen LogP contribution in [0.1, 0.15) is 25.1 Å². The molecule has 2 N–H and O–H groups in total. The first-order chi connectivity index (χ1) is 9.28. The monoisotopic (exact) mass is 274 g/mol. The van der Waals surface area contributed by atoms with Gasteiger partial charge in [-0.2, -0.15) is 0 Å². The van der Waals surface area contributed by atoms with Crippen LogP contribution in [-0.4, -0.2) is 40.1 Å². The number of carbonyl (C=O) groups is 1. The average Bonchev–Trinajstić information content (AvgIpc) is 2.64. The summed E-state index contributed by atoms with van der Waals surface area (Å²) in [5.41, 5.74) is 2.24. The van der Waals surface area contributed by atoms with Crippen molar-refractivity contribution >= 4 is 16.8 Å². The molecule has 4 nitrogen and oxygen atoms in total. The lowest BCUT2D eigenvalue weighted by atomic mass is 10.1. The van der Waals surface area contributed by atoms with E-state index in [4.69, 9.17) is 0 Å². The van der Waals surface area contributed by atoms with Crippen LogP contribution in [0.4, 0.5) is 0 Å². The van der Waals surface area contributed by atoms with Gasteiger partial charge in [-0.15, -0.1) is 0 Å². The molecule has 108 valence electrons. The number of amides is 1. The van der Waals surface area contributed by atoms with Gasteiger partial charge in [0.2, 0.25) is 5.91 Å². The molecule has 0 aliphatic carbocycles. The third kappa shape index (κ3) is 3.20. The second-order valence-electron chi connectivity index (χ2n) is 6.01. The predicted molar refractivity (Wildman–Crippen MR) is 80.7 cm³/mol. The molecule has 1 aromatic heterocycles. The number of rotatable bonds is 4. The topological polar surface area (TPSA) is 56.3 Å². The summed E-state index contributed by atoms with van der Waals surface area (Å²) in [6, 6.07) is 7.99. The SMILES string of the molecule is Cc1[nH]c2ccccc2c1CC(=O)N(C)CC(C)(C)O. The molecule has 0 atom stereocenters. The lowest BCUT2D eigenvalue weighted by Gasteiger charge is -2.25. The molecule has 2 aromatic rings. The minimum Gasteiger partial charge on any atom is -0.389 e. The van der Waals surface area contributed by atoms with Crippen molar-refractivity contribution in [2.75, 3.05) is 13.6 Å². The number of aromatic amines is 1. The number of fused-ring (bicyclic) bond motifs is 1. The summed E-state index contributed by atoms with van der Waals surface area (Å²) in [5.74, 6) is 0.0139. The van der Waals surface area contributed by atoms with Crippen LogP contribution in [0, 0.1) is 6.92 Å². The summed E-state index contributed by atoms with van der Waals surface area (Å²) in [7, 11) is 1.73. The van der Waals surface area contributed by atoms with Gasteiger partial charge in [0.1, 0.15) is 0 Å². The zero-order valence-corrected chi connectivity index (χ0v) is 12.5. The zero-order valence-electron chi connectivity index (χ0n) is 12.5. The molecule has 0 saturated heterocycles. The average molecular weight is 274 g/mol. The van der Waals surface area contributed by atoms with Gasteiger partial charge in [0.25, 0.3) is 0 Å². The molecule has 1 heterocycles. The van der Waals surface area contributed by atoms with Crippen molar-refractivity contribution in [2.45, 2.75) is 32.8 Å². The Bertz CT molecular complexity index is 623. The van der Waals surface area contributed by atoms with Crippen LogP contribution >= 0.6 is 0 Å². The Hall–Kier alpha value is -1.81. The Kier molecular flexibility index (Phi) is 3.86.